The average Bonchev–Trinajstić information content (AvgIpc) is 2.56. The summed E-state index contributed by atoms with van der Waals surface area (Å²) in [5.41, 5.74) is -3.29. The van der Waals surface area contributed by atoms with Gasteiger partial charge < -0.3 is 19.3 Å². The van der Waals surface area contributed by atoms with Crippen molar-refractivity contribution in [2.24, 2.45) is 11.8 Å². The molecule has 10 nitrogen and oxygen atoms in total. The van der Waals surface area contributed by atoms with Crippen molar-refractivity contribution < 1.29 is 64.2 Å². The fourth-order valence-corrected chi connectivity index (χ4v) is 5.51. The molecule has 30 heavy (non-hydrogen) atoms. The molecule has 2 atom stereocenters. The topological polar surface area (TPSA) is 151 Å². The smallest absolute Gasteiger partial charge is 0.428 e. The van der Waals surface area contributed by atoms with Gasteiger partial charge in [-0.2, -0.15) is 21.9 Å². The number of rotatable bonds is 8. The predicted molar refractivity (Wildman–Crippen MR) is 81.7 cm³/mol. The third kappa shape index (κ3) is 4.25. The van der Waals surface area contributed by atoms with Gasteiger partial charge in [-0.25, -0.2) is 18.0 Å². The van der Waals surface area contributed by atoms with Gasteiger partial charge in [0.05, 0.1) is 0 Å². The first-order chi connectivity index (χ1) is 13.6. The fraction of sp³-hybridized carbons (Fsp3) is 0.857. The Labute approximate surface area is 171 Å². The van der Waals surface area contributed by atoms with Crippen molar-refractivity contribution in [3.63, 3.8) is 0 Å². The molecule has 4 fully saturated rings. The zero-order valence-corrected chi connectivity index (χ0v) is 16.4. The van der Waals surface area contributed by atoms with Gasteiger partial charge >= 0.3 is 22.4 Å². The first kappa shape index (κ1) is 23.5. The van der Waals surface area contributed by atoms with Crippen molar-refractivity contribution in [1.82, 2.24) is 0 Å². The molecule has 0 radical (unpaired) electrons. The molecule has 0 saturated heterocycles. The summed E-state index contributed by atoms with van der Waals surface area (Å²) in [6.45, 7) is 0. The first-order valence-electron chi connectivity index (χ1n) is 8.46. The summed E-state index contributed by atoms with van der Waals surface area (Å²) in [4.78, 5) is 23.7. The lowest BCUT2D eigenvalue weighted by Gasteiger charge is -2.60. The molecule has 16 heteroatoms. The molecule has 4 aliphatic rings. The standard InChI is InChI=1S/C14H16F4O10S2/c15-13(16,29-28-27-21)9(19)25-11-2-7-1-8(3-11)5-12(4-7,6-11)26-10(20)14(17,18)30(22,23)24/h7-8,21H,1-6H2,(H,22,23,24)/p-2. The van der Waals surface area contributed by atoms with Crippen LogP contribution >= 0.6 is 12.0 Å². The Morgan fingerprint density at radius 3 is 1.87 bits per heavy atom. The summed E-state index contributed by atoms with van der Waals surface area (Å²) in [7, 11) is -6.34. The van der Waals surface area contributed by atoms with Gasteiger partial charge in [0.2, 0.25) is 0 Å². The normalized spacial score (nSPS) is 33.4. The molecular formula is C14H14F4O10S2-2. The number of hydrogen-bond donors (Lipinski definition) is 0. The Kier molecular flexibility index (Phi) is 5.82. The second-order valence-electron chi connectivity index (χ2n) is 7.81. The lowest BCUT2D eigenvalue weighted by Crippen LogP contribution is -2.63. The first-order valence-corrected chi connectivity index (χ1v) is 10.6. The van der Waals surface area contributed by atoms with Crippen LogP contribution in [0, 0.1) is 11.8 Å². The molecule has 0 N–H and O–H groups in total. The van der Waals surface area contributed by atoms with Crippen LogP contribution in [0.4, 0.5) is 17.6 Å². The highest BCUT2D eigenvalue weighted by Gasteiger charge is 2.64. The van der Waals surface area contributed by atoms with Crippen LogP contribution < -0.4 is 5.26 Å². The molecule has 4 bridgehead atoms. The Bertz CT molecular complexity index is 819. The highest BCUT2D eigenvalue weighted by molar-refractivity contribution is 7.96. The number of esters is 2. The van der Waals surface area contributed by atoms with Gasteiger partial charge in [0, 0.05) is 6.42 Å². The Morgan fingerprint density at radius 2 is 1.43 bits per heavy atom. The number of ether oxygens (including phenoxy) is 2. The van der Waals surface area contributed by atoms with Gasteiger partial charge in [0.25, 0.3) is 0 Å². The quantitative estimate of drug-likeness (QED) is 0.120. The summed E-state index contributed by atoms with van der Waals surface area (Å²) >= 11 is -0.897. The van der Waals surface area contributed by atoms with Crippen LogP contribution in [-0.4, -0.2) is 46.6 Å². The molecule has 4 rings (SSSR count). The van der Waals surface area contributed by atoms with Gasteiger partial charge in [-0.15, -0.1) is 0 Å². The molecule has 0 amide bonds. The minimum Gasteiger partial charge on any atom is -0.743 e. The third-order valence-corrected chi connectivity index (χ3v) is 6.82. The molecule has 0 aromatic carbocycles. The number of carbonyl (C=O) groups is 2. The van der Waals surface area contributed by atoms with Crippen LogP contribution in [0.3, 0.4) is 0 Å². The summed E-state index contributed by atoms with van der Waals surface area (Å²) in [6.07, 6.45) is 0.310. The molecular weight excluding hydrogens is 468 g/mol. The predicted octanol–water partition coefficient (Wildman–Crippen LogP) is 0.767. The van der Waals surface area contributed by atoms with E-state index in [0.29, 0.717) is 6.42 Å². The molecule has 2 unspecified atom stereocenters. The van der Waals surface area contributed by atoms with E-state index in [-0.39, 0.29) is 37.5 Å². The van der Waals surface area contributed by atoms with E-state index in [1.165, 1.54) is 0 Å². The monoisotopic (exact) mass is 482 g/mol. The summed E-state index contributed by atoms with van der Waals surface area (Å²) in [5, 5.41) is 2.80. The van der Waals surface area contributed by atoms with E-state index in [4.69, 9.17) is 9.47 Å². The largest absolute Gasteiger partial charge is 0.743 e. The average molecular weight is 482 g/mol. The SMILES string of the molecule is O=C(OC12CC3CC(C1)CC(OC(=O)C(F)(F)S(=O)(=O)[O-])(C3)C2)C(F)(F)SOO[O-]. The van der Waals surface area contributed by atoms with Gasteiger partial charge in [0.15, 0.2) is 10.1 Å². The van der Waals surface area contributed by atoms with E-state index in [0.717, 1.165) is 0 Å². The van der Waals surface area contributed by atoms with Crippen molar-refractivity contribution in [3.05, 3.63) is 0 Å². The van der Waals surface area contributed by atoms with E-state index in [1.807, 2.05) is 0 Å². The number of hydrogen-bond acceptors (Lipinski definition) is 11. The van der Waals surface area contributed by atoms with Gasteiger partial charge in [0.1, 0.15) is 23.2 Å². The van der Waals surface area contributed by atoms with E-state index < -0.39 is 62.2 Å². The highest BCUT2D eigenvalue weighted by Crippen LogP contribution is 2.61. The number of halogens is 4. The third-order valence-electron chi connectivity index (χ3n) is 5.53. The Balaban J connectivity index is 1.80. The van der Waals surface area contributed by atoms with E-state index >= 15 is 0 Å². The highest BCUT2D eigenvalue weighted by atomic mass is 32.2. The molecule has 0 aromatic rings. The second-order valence-corrected chi connectivity index (χ2v) is 10.0. The summed E-state index contributed by atoms with van der Waals surface area (Å²) in [5.74, 6) is -5.33. The maximum absolute atomic E-state index is 13.7. The summed E-state index contributed by atoms with van der Waals surface area (Å²) in [6, 6.07) is 0. The van der Waals surface area contributed by atoms with Crippen LogP contribution in [-0.2, 0) is 38.6 Å². The van der Waals surface area contributed by atoms with Gasteiger partial charge in [-0.05, 0) is 43.9 Å². The van der Waals surface area contributed by atoms with E-state index in [2.05, 4.69) is 9.37 Å². The molecule has 0 heterocycles. The zero-order chi connectivity index (χ0) is 22.6. The molecule has 0 aliphatic heterocycles. The van der Waals surface area contributed by atoms with E-state index in [1.54, 1.807) is 0 Å². The lowest BCUT2D eigenvalue weighted by molar-refractivity contribution is -0.777. The number of carbonyl (C=O) groups excluding carboxylic acids is 2. The van der Waals surface area contributed by atoms with Gasteiger partial charge in [-0.1, -0.05) is 0 Å². The molecule has 172 valence electrons. The maximum atomic E-state index is 13.7. The Hall–Kier alpha value is -1.20. The Morgan fingerprint density at radius 1 is 0.967 bits per heavy atom. The van der Waals surface area contributed by atoms with Crippen molar-refractivity contribution >= 4 is 34.1 Å². The number of alkyl halides is 4. The van der Waals surface area contributed by atoms with Crippen molar-refractivity contribution in [2.75, 3.05) is 0 Å². The molecule has 4 aliphatic carbocycles. The van der Waals surface area contributed by atoms with Crippen LogP contribution in [0.25, 0.3) is 0 Å². The fourth-order valence-electron chi connectivity index (χ4n) is 5.04. The van der Waals surface area contributed by atoms with Crippen LogP contribution in [0.15, 0.2) is 0 Å². The van der Waals surface area contributed by atoms with Crippen LogP contribution in [0.2, 0.25) is 0 Å². The van der Waals surface area contributed by atoms with Gasteiger partial charge in [-0.3, -0.25) is 5.04 Å². The van der Waals surface area contributed by atoms with Crippen molar-refractivity contribution in [1.29, 1.82) is 0 Å². The minimum absolute atomic E-state index is 0.0157. The maximum Gasteiger partial charge on any atom is 0.428 e. The molecule has 0 aromatic heterocycles. The van der Waals surface area contributed by atoms with Crippen molar-refractivity contribution in [3.8, 4) is 0 Å². The minimum atomic E-state index is -6.34. The van der Waals surface area contributed by atoms with Crippen LogP contribution in [0.5, 0.6) is 0 Å². The van der Waals surface area contributed by atoms with Crippen LogP contribution in [0.1, 0.15) is 38.5 Å². The molecule has 0 spiro atoms. The zero-order valence-electron chi connectivity index (χ0n) is 14.8. The second kappa shape index (κ2) is 7.44. The van der Waals surface area contributed by atoms with Crippen molar-refractivity contribution in [2.45, 2.75) is 60.2 Å². The van der Waals surface area contributed by atoms with E-state index in [9.17, 15) is 45.4 Å². The molecule has 4 saturated carbocycles. The lowest BCUT2D eigenvalue weighted by atomic mass is 9.52. The summed E-state index contributed by atoms with van der Waals surface area (Å²) < 4.78 is 99.9.